The molecule has 2 aromatic rings. The zero-order chi connectivity index (χ0) is 24.1. The highest BCUT2D eigenvalue weighted by atomic mass is 16.5. The number of methoxy groups -OCH3 is 1. The normalized spacial score (nSPS) is 17.6. The number of benzene rings is 2. The van der Waals surface area contributed by atoms with Crippen LogP contribution in [0, 0.1) is 6.92 Å². The predicted octanol–water partition coefficient (Wildman–Crippen LogP) is 3.78. The van der Waals surface area contributed by atoms with Crippen LogP contribution in [0.3, 0.4) is 0 Å². The van der Waals surface area contributed by atoms with Crippen LogP contribution < -0.4 is 9.47 Å². The third-order valence-corrected chi connectivity index (χ3v) is 5.67. The van der Waals surface area contributed by atoms with E-state index in [9.17, 15) is 14.7 Å². The van der Waals surface area contributed by atoms with Crippen molar-refractivity contribution >= 4 is 17.4 Å². The lowest BCUT2D eigenvalue weighted by Gasteiger charge is -2.26. The summed E-state index contributed by atoms with van der Waals surface area (Å²) in [6.07, 6.45) is 0.888. The van der Waals surface area contributed by atoms with Crippen molar-refractivity contribution in [1.82, 2.24) is 9.80 Å². The summed E-state index contributed by atoms with van der Waals surface area (Å²) in [6.45, 7) is 5.46. The van der Waals surface area contributed by atoms with Crippen LogP contribution in [0.4, 0.5) is 0 Å². The molecule has 1 atom stereocenters. The van der Waals surface area contributed by atoms with Crippen molar-refractivity contribution in [1.29, 1.82) is 0 Å². The molecule has 1 N–H and O–H groups in total. The Balaban J connectivity index is 2.09. The Morgan fingerprint density at radius 1 is 1.12 bits per heavy atom. The number of amides is 1. The molecule has 0 aliphatic carbocycles. The molecule has 7 nitrogen and oxygen atoms in total. The number of carbonyl (C=O) groups is 2. The molecule has 1 aliphatic heterocycles. The van der Waals surface area contributed by atoms with E-state index in [1.165, 1.54) is 4.90 Å². The molecule has 0 saturated carbocycles. The molecule has 0 aromatic heterocycles. The average Bonchev–Trinajstić information content (AvgIpc) is 3.06. The molecule has 1 saturated heterocycles. The fraction of sp³-hybridized carbons (Fsp3) is 0.385. The summed E-state index contributed by atoms with van der Waals surface area (Å²) < 4.78 is 11.0. The number of aliphatic hydroxyl groups excluding tert-OH is 1. The van der Waals surface area contributed by atoms with Crippen LogP contribution in [0.15, 0.2) is 48.0 Å². The topological polar surface area (TPSA) is 79.3 Å². The highest BCUT2D eigenvalue weighted by Crippen LogP contribution is 2.40. The van der Waals surface area contributed by atoms with E-state index in [1.54, 1.807) is 37.4 Å². The minimum absolute atomic E-state index is 0.0885. The van der Waals surface area contributed by atoms with Gasteiger partial charge in [0.2, 0.25) is 0 Å². The third-order valence-electron chi connectivity index (χ3n) is 5.67. The van der Waals surface area contributed by atoms with E-state index in [4.69, 9.17) is 9.47 Å². The number of aliphatic hydroxyl groups is 1. The monoisotopic (exact) mass is 452 g/mol. The quantitative estimate of drug-likeness (QED) is 0.354. The van der Waals surface area contributed by atoms with Crippen molar-refractivity contribution in [2.45, 2.75) is 26.3 Å². The van der Waals surface area contributed by atoms with Crippen LogP contribution in [0.25, 0.3) is 5.76 Å². The van der Waals surface area contributed by atoms with Crippen LogP contribution >= 0.6 is 0 Å². The molecule has 33 heavy (non-hydrogen) atoms. The Bertz CT molecular complexity index is 1040. The molecular formula is C26H32N2O5. The number of Topliss-reactive ketones (excluding diaryl/α,β-unsaturated/α-hetero) is 1. The van der Waals surface area contributed by atoms with Gasteiger partial charge >= 0.3 is 0 Å². The van der Waals surface area contributed by atoms with E-state index in [0.29, 0.717) is 31.0 Å². The number of ketones is 1. The van der Waals surface area contributed by atoms with Gasteiger partial charge in [-0.2, -0.15) is 0 Å². The summed E-state index contributed by atoms with van der Waals surface area (Å²) in [5.41, 5.74) is 2.14. The number of hydrogen-bond donors (Lipinski definition) is 1. The largest absolute Gasteiger partial charge is 0.507 e. The molecule has 7 heteroatoms. The van der Waals surface area contributed by atoms with Gasteiger partial charge in [0.25, 0.3) is 11.7 Å². The van der Waals surface area contributed by atoms with Crippen molar-refractivity contribution in [2.75, 3.05) is 40.9 Å². The minimum Gasteiger partial charge on any atom is -0.507 e. The summed E-state index contributed by atoms with van der Waals surface area (Å²) in [4.78, 5) is 29.6. The first-order valence-corrected chi connectivity index (χ1v) is 11.1. The van der Waals surface area contributed by atoms with Crippen LogP contribution in [0.5, 0.6) is 11.5 Å². The maximum absolute atomic E-state index is 13.1. The number of aryl methyl sites for hydroxylation is 1. The van der Waals surface area contributed by atoms with Crippen LogP contribution in [-0.4, -0.2) is 67.5 Å². The van der Waals surface area contributed by atoms with Crippen LogP contribution in [0.1, 0.15) is 36.1 Å². The number of likely N-dealkylation sites (N-methyl/N-ethyl adjacent to an activating group) is 1. The second-order valence-electron chi connectivity index (χ2n) is 8.40. The Labute approximate surface area is 195 Å². The van der Waals surface area contributed by atoms with E-state index in [2.05, 4.69) is 0 Å². The fourth-order valence-corrected chi connectivity index (χ4v) is 3.88. The SMILES string of the molecule is CCCOc1ccc(C(O)=C2C(=O)C(=O)N(CCN(C)C)[C@H]2c2ccc(OC)cc2)cc1C. The van der Waals surface area contributed by atoms with E-state index in [0.717, 1.165) is 23.3 Å². The summed E-state index contributed by atoms with van der Waals surface area (Å²) in [7, 11) is 5.39. The first kappa shape index (κ1) is 24.3. The Morgan fingerprint density at radius 2 is 1.82 bits per heavy atom. The number of rotatable bonds is 9. The summed E-state index contributed by atoms with van der Waals surface area (Å²) in [5.74, 6) is -0.0876. The number of hydrogen-bond acceptors (Lipinski definition) is 6. The zero-order valence-electron chi connectivity index (χ0n) is 19.9. The van der Waals surface area contributed by atoms with Gasteiger partial charge in [-0.25, -0.2) is 0 Å². The van der Waals surface area contributed by atoms with Crippen molar-refractivity contribution in [3.05, 3.63) is 64.7 Å². The number of carbonyl (C=O) groups excluding carboxylic acids is 2. The van der Waals surface area contributed by atoms with Gasteiger partial charge in [0.1, 0.15) is 17.3 Å². The molecule has 0 unspecified atom stereocenters. The van der Waals surface area contributed by atoms with E-state index in [1.807, 2.05) is 45.0 Å². The predicted molar refractivity (Wildman–Crippen MR) is 128 cm³/mol. The third kappa shape index (κ3) is 5.20. The number of nitrogens with zero attached hydrogens (tertiary/aromatic N) is 2. The fourth-order valence-electron chi connectivity index (χ4n) is 3.88. The molecule has 0 radical (unpaired) electrons. The van der Waals surface area contributed by atoms with Crippen LogP contribution in [0.2, 0.25) is 0 Å². The molecule has 2 aromatic carbocycles. The van der Waals surface area contributed by atoms with Gasteiger partial charge in [0.05, 0.1) is 25.3 Å². The molecule has 0 spiro atoms. The van der Waals surface area contributed by atoms with Crippen molar-refractivity contribution < 1.29 is 24.2 Å². The molecular weight excluding hydrogens is 420 g/mol. The summed E-state index contributed by atoms with van der Waals surface area (Å²) in [5, 5.41) is 11.2. The highest BCUT2D eigenvalue weighted by Gasteiger charge is 2.45. The van der Waals surface area contributed by atoms with Gasteiger partial charge in [-0.1, -0.05) is 19.1 Å². The molecule has 3 rings (SSSR count). The van der Waals surface area contributed by atoms with Crippen molar-refractivity contribution in [3.63, 3.8) is 0 Å². The molecule has 1 heterocycles. The molecule has 1 amide bonds. The Morgan fingerprint density at radius 3 is 2.39 bits per heavy atom. The lowest BCUT2D eigenvalue weighted by Crippen LogP contribution is -2.35. The Hall–Kier alpha value is -3.32. The first-order valence-electron chi connectivity index (χ1n) is 11.1. The molecule has 1 aliphatic rings. The number of ether oxygens (including phenoxy) is 2. The van der Waals surface area contributed by atoms with Crippen molar-refractivity contribution in [3.8, 4) is 11.5 Å². The summed E-state index contributed by atoms with van der Waals surface area (Å²) >= 11 is 0. The minimum atomic E-state index is -0.688. The maximum Gasteiger partial charge on any atom is 0.295 e. The highest BCUT2D eigenvalue weighted by molar-refractivity contribution is 6.46. The van der Waals surface area contributed by atoms with Gasteiger partial charge in [0, 0.05) is 18.7 Å². The first-order chi connectivity index (χ1) is 15.8. The van der Waals surface area contributed by atoms with Crippen LogP contribution in [-0.2, 0) is 9.59 Å². The van der Waals surface area contributed by atoms with Gasteiger partial charge in [-0.15, -0.1) is 0 Å². The molecule has 1 fully saturated rings. The van der Waals surface area contributed by atoms with Gasteiger partial charge < -0.3 is 24.4 Å². The smallest absolute Gasteiger partial charge is 0.295 e. The van der Waals surface area contributed by atoms with Crippen molar-refractivity contribution in [2.24, 2.45) is 0 Å². The second kappa shape index (κ2) is 10.5. The summed E-state index contributed by atoms with van der Waals surface area (Å²) in [6, 6.07) is 11.8. The van der Waals surface area contributed by atoms with Gasteiger partial charge in [-0.3, -0.25) is 9.59 Å². The van der Waals surface area contributed by atoms with Gasteiger partial charge in [0.15, 0.2) is 0 Å². The number of likely N-dealkylation sites (tertiary alicyclic amines) is 1. The standard InChI is InChI=1S/C26H32N2O5/c1-6-15-33-21-12-9-19(16-17(21)2)24(29)22-23(18-7-10-20(32-5)11-8-18)28(14-13-27(3)4)26(31)25(22)30/h7-12,16,23,29H,6,13-15H2,1-5H3/t23-/m0/s1. The van der Waals surface area contributed by atoms with E-state index < -0.39 is 17.7 Å². The lowest BCUT2D eigenvalue weighted by atomic mass is 9.94. The van der Waals surface area contributed by atoms with Gasteiger partial charge in [-0.05, 0) is 68.9 Å². The average molecular weight is 453 g/mol. The zero-order valence-corrected chi connectivity index (χ0v) is 19.9. The van der Waals surface area contributed by atoms with E-state index >= 15 is 0 Å². The second-order valence-corrected chi connectivity index (χ2v) is 8.40. The molecule has 176 valence electrons. The van der Waals surface area contributed by atoms with E-state index in [-0.39, 0.29) is 11.3 Å². The Kier molecular flexibility index (Phi) is 7.76. The molecule has 0 bridgehead atoms. The maximum atomic E-state index is 13.1. The lowest BCUT2D eigenvalue weighted by molar-refractivity contribution is -0.140.